The average molecular weight is 249 g/mol. The van der Waals surface area contributed by atoms with E-state index >= 15 is 0 Å². The van der Waals surface area contributed by atoms with E-state index in [1.165, 1.54) is 0 Å². The molecule has 1 aromatic rings. The summed E-state index contributed by atoms with van der Waals surface area (Å²) in [6, 6.07) is 0. The SMILES string of the molecule is CC(C)C.CCC(C)C=Nc1c(C)ncnc1C. The Morgan fingerprint density at radius 3 is 1.94 bits per heavy atom. The average Bonchev–Trinajstić information content (AvgIpc) is 2.27. The van der Waals surface area contributed by atoms with Crippen LogP contribution < -0.4 is 0 Å². The minimum Gasteiger partial charge on any atom is -0.257 e. The molecule has 1 atom stereocenters. The normalized spacial score (nSPS) is 12.4. The summed E-state index contributed by atoms with van der Waals surface area (Å²) in [5.41, 5.74) is 2.79. The van der Waals surface area contributed by atoms with Gasteiger partial charge in [-0.1, -0.05) is 34.6 Å². The Labute approximate surface area is 112 Å². The van der Waals surface area contributed by atoms with Crippen LogP contribution in [0.3, 0.4) is 0 Å². The molecule has 3 nitrogen and oxygen atoms in total. The smallest absolute Gasteiger partial charge is 0.116 e. The largest absolute Gasteiger partial charge is 0.257 e. The van der Waals surface area contributed by atoms with E-state index < -0.39 is 0 Å². The Kier molecular flexibility index (Phi) is 8.17. The number of aryl methyl sites for hydroxylation is 2. The van der Waals surface area contributed by atoms with Crippen molar-refractivity contribution in [3.63, 3.8) is 0 Å². The van der Waals surface area contributed by atoms with E-state index in [0.29, 0.717) is 5.92 Å². The van der Waals surface area contributed by atoms with Crippen molar-refractivity contribution in [1.29, 1.82) is 0 Å². The fourth-order valence-corrected chi connectivity index (χ4v) is 1.08. The molecule has 0 saturated carbocycles. The van der Waals surface area contributed by atoms with Crippen LogP contribution in [-0.4, -0.2) is 16.2 Å². The lowest BCUT2D eigenvalue weighted by atomic mass is 10.1. The second kappa shape index (κ2) is 8.78. The Bertz CT molecular complexity index is 347. The summed E-state index contributed by atoms with van der Waals surface area (Å²) in [7, 11) is 0. The molecule has 0 radical (unpaired) electrons. The van der Waals surface area contributed by atoms with Gasteiger partial charge in [-0.05, 0) is 32.1 Å². The molecule has 0 aliphatic heterocycles. The summed E-state index contributed by atoms with van der Waals surface area (Å²) in [5.74, 6) is 1.34. The highest BCUT2D eigenvalue weighted by Gasteiger charge is 2.02. The molecule has 0 aromatic carbocycles. The van der Waals surface area contributed by atoms with Gasteiger partial charge in [-0.3, -0.25) is 4.99 Å². The number of hydrogen-bond donors (Lipinski definition) is 0. The minimum atomic E-state index is 0.508. The van der Waals surface area contributed by atoms with E-state index in [0.717, 1.165) is 29.4 Å². The van der Waals surface area contributed by atoms with Gasteiger partial charge in [-0.2, -0.15) is 0 Å². The molecule has 0 amide bonds. The maximum Gasteiger partial charge on any atom is 0.116 e. The molecular weight excluding hydrogens is 222 g/mol. The van der Waals surface area contributed by atoms with E-state index in [1.807, 2.05) is 20.1 Å². The van der Waals surface area contributed by atoms with Crippen molar-refractivity contribution in [2.24, 2.45) is 16.8 Å². The van der Waals surface area contributed by atoms with Gasteiger partial charge in [-0.25, -0.2) is 9.97 Å². The molecule has 102 valence electrons. The molecule has 1 heterocycles. The molecule has 1 aromatic heterocycles. The lowest BCUT2D eigenvalue weighted by molar-refractivity contribution is 0.737. The predicted molar refractivity (Wildman–Crippen MR) is 79.6 cm³/mol. The predicted octanol–water partition coefficient (Wildman–Crippen LogP) is 4.50. The Morgan fingerprint density at radius 2 is 1.56 bits per heavy atom. The summed E-state index contributed by atoms with van der Waals surface area (Å²) >= 11 is 0. The first-order valence-electron chi connectivity index (χ1n) is 6.70. The third-order valence-corrected chi connectivity index (χ3v) is 2.29. The fraction of sp³-hybridized carbons (Fsp3) is 0.667. The van der Waals surface area contributed by atoms with Crippen molar-refractivity contribution in [2.75, 3.05) is 0 Å². The second-order valence-corrected chi connectivity index (χ2v) is 5.29. The molecule has 0 aliphatic rings. The lowest BCUT2D eigenvalue weighted by Gasteiger charge is -2.03. The van der Waals surface area contributed by atoms with Gasteiger partial charge in [0.2, 0.25) is 0 Å². The Hall–Kier alpha value is -1.25. The quantitative estimate of drug-likeness (QED) is 0.739. The van der Waals surface area contributed by atoms with Crippen LogP contribution in [0, 0.1) is 25.7 Å². The molecule has 18 heavy (non-hydrogen) atoms. The minimum absolute atomic E-state index is 0.508. The van der Waals surface area contributed by atoms with Gasteiger partial charge in [0.25, 0.3) is 0 Å². The van der Waals surface area contributed by atoms with Crippen molar-refractivity contribution in [1.82, 2.24) is 9.97 Å². The zero-order chi connectivity index (χ0) is 14.1. The molecule has 0 saturated heterocycles. The van der Waals surface area contributed by atoms with Gasteiger partial charge in [0.05, 0.1) is 11.4 Å². The summed E-state index contributed by atoms with van der Waals surface area (Å²) in [4.78, 5) is 12.7. The number of rotatable bonds is 3. The van der Waals surface area contributed by atoms with Crippen LogP contribution in [0.4, 0.5) is 5.69 Å². The molecule has 1 unspecified atom stereocenters. The van der Waals surface area contributed by atoms with Crippen molar-refractivity contribution < 1.29 is 0 Å². The molecule has 0 spiro atoms. The molecule has 0 N–H and O–H groups in total. The van der Waals surface area contributed by atoms with Gasteiger partial charge in [0.1, 0.15) is 12.0 Å². The van der Waals surface area contributed by atoms with E-state index in [2.05, 4.69) is 49.6 Å². The van der Waals surface area contributed by atoms with Crippen LogP contribution in [-0.2, 0) is 0 Å². The first-order valence-corrected chi connectivity index (χ1v) is 6.70. The van der Waals surface area contributed by atoms with Crippen LogP contribution in [0.2, 0.25) is 0 Å². The maximum absolute atomic E-state index is 4.43. The van der Waals surface area contributed by atoms with Gasteiger partial charge >= 0.3 is 0 Å². The summed E-state index contributed by atoms with van der Waals surface area (Å²) < 4.78 is 0. The molecule has 0 fully saturated rings. The van der Waals surface area contributed by atoms with E-state index in [-0.39, 0.29) is 0 Å². The first-order chi connectivity index (χ1) is 8.38. The van der Waals surface area contributed by atoms with Crippen molar-refractivity contribution in [3.8, 4) is 0 Å². The Balaban J connectivity index is 0.000000631. The number of hydrogen-bond acceptors (Lipinski definition) is 3. The van der Waals surface area contributed by atoms with Crippen LogP contribution in [0.15, 0.2) is 11.3 Å². The van der Waals surface area contributed by atoms with E-state index in [1.54, 1.807) is 6.33 Å². The highest BCUT2D eigenvalue weighted by molar-refractivity contribution is 5.66. The molecule has 0 bridgehead atoms. The number of nitrogens with zero attached hydrogens (tertiary/aromatic N) is 3. The number of aliphatic imine (C=N–C) groups is 1. The third-order valence-electron chi connectivity index (χ3n) is 2.29. The summed E-state index contributed by atoms with van der Waals surface area (Å²) in [6.07, 6.45) is 4.65. The van der Waals surface area contributed by atoms with Crippen molar-refractivity contribution in [3.05, 3.63) is 17.7 Å². The highest BCUT2D eigenvalue weighted by Crippen LogP contribution is 2.18. The maximum atomic E-state index is 4.43. The van der Waals surface area contributed by atoms with Gasteiger partial charge in [0, 0.05) is 6.21 Å². The van der Waals surface area contributed by atoms with E-state index in [4.69, 9.17) is 0 Å². The molecule has 3 heteroatoms. The van der Waals surface area contributed by atoms with Crippen molar-refractivity contribution in [2.45, 2.75) is 54.9 Å². The zero-order valence-corrected chi connectivity index (χ0v) is 12.9. The standard InChI is InChI=1S/C11H17N3.C4H10/c1-5-8(2)6-12-11-9(3)13-7-14-10(11)4;1-4(2)3/h6-8H,5H2,1-4H3;4H,1-3H3. The Morgan fingerprint density at radius 1 is 1.11 bits per heavy atom. The lowest BCUT2D eigenvalue weighted by Crippen LogP contribution is -1.94. The van der Waals surface area contributed by atoms with Gasteiger partial charge < -0.3 is 0 Å². The summed E-state index contributed by atoms with van der Waals surface area (Å²) in [5, 5.41) is 0. The van der Waals surface area contributed by atoms with Gasteiger partial charge in [0.15, 0.2) is 0 Å². The summed E-state index contributed by atoms with van der Waals surface area (Å²) in [6.45, 7) is 14.7. The number of aromatic nitrogens is 2. The second-order valence-electron chi connectivity index (χ2n) is 5.29. The fourth-order valence-electron chi connectivity index (χ4n) is 1.08. The van der Waals surface area contributed by atoms with Crippen LogP contribution in [0.5, 0.6) is 0 Å². The highest BCUT2D eigenvalue weighted by atomic mass is 14.9. The molecular formula is C15H27N3. The van der Waals surface area contributed by atoms with Crippen LogP contribution in [0.25, 0.3) is 0 Å². The van der Waals surface area contributed by atoms with Crippen molar-refractivity contribution >= 4 is 11.9 Å². The third kappa shape index (κ3) is 7.15. The van der Waals surface area contributed by atoms with E-state index in [9.17, 15) is 0 Å². The topological polar surface area (TPSA) is 38.1 Å². The first kappa shape index (κ1) is 16.8. The van der Waals surface area contributed by atoms with Crippen LogP contribution in [0.1, 0.15) is 52.4 Å². The monoisotopic (exact) mass is 249 g/mol. The van der Waals surface area contributed by atoms with Gasteiger partial charge in [-0.15, -0.1) is 0 Å². The molecule has 0 aliphatic carbocycles. The zero-order valence-electron chi connectivity index (χ0n) is 12.9. The molecule has 1 rings (SSSR count). The van der Waals surface area contributed by atoms with Crippen LogP contribution >= 0.6 is 0 Å².